The predicted molar refractivity (Wildman–Crippen MR) is 103 cm³/mol. The van der Waals surface area contributed by atoms with Crippen LogP contribution in [0.5, 0.6) is 0 Å². The largest absolute Gasteiger partial charge is 0.392 e. The molecule has 0 radical (unpaired) electrons. The molecule has 0 unspecified atom stereocenters. The maximum atomic E-state index is 13.6. The summed E-state index contributed by atoms with van der Waals surface area (Å²) in [5.41, 5.74) is 1.35. The van der Waals surface area contributed by atoms with Crippen molar-refractivity contribution in [2.24, 2.45) is 0 Å². The minimum Gasteiger partial charge on any atom is -0.392 e. The Labute approximate surface area is 159 Å². The van der Waals surface area contributed by atoms with Gasteiger partial charge in [0.25, 0.3) is 6.43 Å². The Balaban J connectivity index is 2.03. The number of rotatable bonds is 4. The van der Waals surface area contributed by atoms with Gasteiger partial charge < -0.3 is 5.11 Å². The summed E-state index contributed by atoms with van der Waals surface area (Å²) in [7, 11) is -3.37. The number of hydrogen-bond acceptors (Lipinski definition) is 4. The van der Waals surface area contributed by atoms with E-state index < -0.39 is 16.3 Å². The lowest BCUT2D eigenvalue weighted by atomic mass is 10.0. The zero-order valence-corrected chi connectivity index (χ0v) is 15.6. The highest BCUT2D eigenvalue weighted by molar-refractivity contribution is 7.90. The molecule has 0 saturated heterocycles. The van der Waals surface area contributed by atoms with Crippen molar-refractivity contribution in [3.8, 4) is 5.69 Å². The molecule has 8 heteroatoms. The third-order valence-electron chi connectivity index (χ3n) is 4.65. The third kappa shape index (κ3) is 3.04. The molecule has 0 aliphatic rings. The van der Waals surface area contributed by atoms with Gasteiger partial charge >= 0.3 is 0 Å². The highest BCUT2D eigenvalue weighted by Gasteiger charge is 2.21. The fraction of sp³-hybridized carbons (Fsp3) is 0.150. The predicted octanol–water partition coefficient (Wildman–Crippen LogP) is 4.01. The number of fused-ring (bicyclic) bond motifs is 3. The van der Waals surface area contributed by atoms with Crippen molar-refractivity contribution < 1.29 is 22.3 Å². The summed E-state index contributed by atoms with van der Waals surface area (Å²) in [5.74, 6) is 0. The van der Waals surface area contributed by atoms with E-state index in [1.54, 1.807) is 42.5 Å². The van der Waals surface area contributed by atoms with Crippen molar-refractivity contribution in [3.63, 3.8) is 0 Å². The number of benzene rings is 3. The van der Waals surface area contributed by atoms with E-state index in [-0.39, 0.29) is 17.2 Å². The van der Waals surface area contributed by atoms with Gasteiger partial charge in [-0.25, -0.2) is 21.9 Å². The molecular weight excluding hydrogens is 386 g/mol. The summed E-state index contributed by atoms with van der Waals surface area (Å²) in [6, 6.07) is 14.5. The van der Waals surface area contributed by atoms with E-state index >= 15 is 0 Å². The van der Waals surface area contributed by atoms with Crippen LogP contribution in [-0.2, 0) is 16.4 Å². The van der Waals surface area contributed by atoms with E-state index in [0.717, 1.165) is 11.6 Å². The monoisotopic (exact) mass is 402 g/mol. The van der Waals surface area contributed by atoms with Crippen LogP contribution in [0.4, 0.5) is 8.78 Å². The molecule has 0 aliphatic heterocycles. The Hall–Kier alpha value is -2.84. The van der Waals surface area contributed by atoms with Crippen LogP contribution in [0, 0.1) is 0 Å². The lowest BCUT2D eigenvalue weighted by Crippen LogP contribution is -2.01. The molecule has 5 nitrogen and oxygen atoms in total. The molecule has 1 N–H and O–H groups in total. The van der Waals surface area contributed by atoms with Crippen LogP contribution in [0.1, 0.15) is 17.7 Å². The minimum atomic E-state index is -3.37. The molecule has 3 aromatic carbocycles. The highest BCUT2D eigenvalue weighted by atomic mass is 32.2. The van der Waals surface area contributed by atoms with E-state index in [4.69, 9.17) is 0 Å². The molecule has 0 fully saturated rings. The molecule has 0 bridgehead atoms. The van der Waals surface area contributed by atoms with Gasteiger partial charge in [0.05, 0.1) is 22.7 Å². The fourth-order valence-electron chi connectivity index (χ4n) is 3.29. The molecule has 0 amide bonds. The summed E-state index contributed by atoms with van der Waals surface area (Å²) in [6.45, 7) is -0.123. The van der Waals surface area contributed by atoms with Crippen molar-refractivity contribution in [2.45, 2.75) is 17.9 Å². The van der Waals surface area contributed by atoms with Crippen LogP contribution in [-0.4, -0.2) is 29.6 Å². The van der Waals surface area contributed by atoms with Gasteiger partial charge in [0.1, 0.15) is 5.69 Å². The van der Waals surface area contributed by atoms with Gasteiger partial charge in [-0.1, -0.05) is 24.3 Å². The molecule has 0 atom stereocenters. The Morgan fingerprint density at radius 2 is 1.71 bits per heavy atom. The average Bonchev–Trinajstić information content (AvgIpc) is 3.07. The van der Waals surface area contributed by atoms with Gasteiger partial charge in [0.15, 0.2) is 9.84 Å². The topological polar surface area (TPSA) is 72.2 Å². The van der Waals surface area contributed by atoms with Crippen molar-refractivity contribution in [2.75, 3.05) is 6.26 Å². The lowest BCUT2D eigenvalue weighted by molar-refractivity contribution is 0.147. The van der Waals surface area contributed by atoms with Crippen LogP contribution >= 0.6 is 0 Å². The van der Waals surface area contributed by atoms with E-state index in [9.17, 15) is 22.3 Å². The fourth-order valence-corrected chi connectivity index (χ4v) is 3.92. The van der Waals surface area contributed by atoms with Crippen molar-refractivity contribution in [3.05, 3.63) is 65.9 Å². The molecule has 1 heterocycles. The minimum absolute atomic E-state index is 0.123. The van der Waals surface area contributed by atoms with E-state index in [1.165, 1.54) is 16.8 Å². The quantitative estimate of drug-likeness (QED) is 0.560. The first-order chi connectivity index (χ1) is 13.3. The molecule has 28 heavy (non-hydrogen) atoms. The number of aliphatic hydroxyl groups is 1. The first kappa shape index (κ1) is 18.5. The number of aliphatic hydroxyl groups excluding tert-OH is 1. The van der Waals surface area contributed by atoms with Crippen molar-refractivity contribution in [1.82, 2.24) is 9.78 Å². The van der Waals surface area contributed by atoms with Gasteiger partial charge in [-0.3, -0.25) is 0 Å². The summed E-state index contributed by atoms with van der Waals surface area (Å²) in [6.07, 6.45) is -1.65. The zero-order chi connectivity index (χ0) is 20.1. The summed E-state index contributed by atoms with van der Waals surface area (Å²) < 4.78 is 51.9. The number of halogens is 2. The van der Waals surface area contributed by atoms with E-state index in [0.29, 0.717) is 27.5 Å². The Bertz CT molecular complexity index is 1300. The molecule has 0 aliphatic carbocycles. The Kier molecular flexibility index (Phi) is 4.40. The number of nitrogens with zero attached hydrogens (tertiary/aromatic N) is 2. The SMILES string of the molecule is CS(=O)(=O)c1ccc(-n2nc(C(F)F)c3ccc4cc(CO)ccc4c32)cc1. The lowest BCUT2D eigenvalue weighted by Gasteiger charge is -2.08. The molecule has 0 spiro atoms. The van der Waals surface area contributed by atoms with Gasteiger partial charge in [0.2, 0.25) is 0 Å². The average molecular weight is 402 g/mol. The van der Waals surface area contributed by atoms with Crippen LogP contribution in [0.2, 0.25) is 0 Å². The zero-order valence-electron chi connectivity index (χ0n) is 14.8. The highest BCUT2D eigenvalue weighted by Crippen LogP contribution is 2.34. The first-order valence-corrected chi connectivity index (χ1v) is 10.3. The van der Waals surface area contributed by atoms with Crippen LogP contribution in [0.25, 0.3) is 27.4 Å². The van der Waals surface area contributed by atoms with Gasteiger partial charge in [-0.15, -0.1) is 0 Å². The Morgan fingerprint density at radius 3 is 2.32 bits per heavy atom. The molecule has 4 rings (SSSR count). The molecule has 0 saturated carbocycles. The van der Waals surface area contributed by atoms with Gasteiger partial charge in [-0.2, -0.15) is 5.10 Å². The van der Waals surface area contributed by atoms with E-state index in [2.05, 4.69) is 5.10 Å². The maximum absolute atomic E-state index is 13.6. The third-order valence-corrected chi connectivity index (χ3v) is 5.78. The number of alkyl halides is 2. The van der Waals surface area contributed by atoms with Gasteiger partial charge in [-0.05, 0) is 41.3 Å². The van der Waals surface area contributed by atoms with E-state index in [1.807, 2.05) is 0 Å². The molecule has 4 aromatic rings. The number of hydrogen-bond donors (Lipinski definition) is 1. The maximum Gasteiger partial charge on any atom is 0.282 e. The summed E-state index contributed by atoms with van der Waals surface area (Å²) >= 11 is 0. The second kappa shape index (κ2) is 6.65. The van der Waals surface area contributed by atoms with Crippen molar-refractivity contribution in [1.29, 1.82) is 0 Å². The molecule has 1 aromatic heterocycles. The summed E-state index contributed by atoms with van der Waals surface area (Å²) in [5, 5.41) is 15.3. The van der Waals surface area contributed by atoms with Crippen LogP contribution in [0.15, 0.2) is 59.5 Å². The summed E-state index contributed by atoms with van der Waals surface area (Å²) in [4.78, 5) is 0.138. The van der Waals surface area contributed by atoms with Crippen LogP contribution in [0.3, 0.4) is 0 Å². The van der Waals surface area contributed by atoms with Gasteiger partial charge in [0, 0.05) is 17.0 Å². The number of aromatic nitrogens is 2. The Morgan fingerprint density at radius 1 is 1.04 bits per heavy atom. The second-order valence-electron chi connectivity index (χ2n) is 6.54. The first-order valence-electron chi connectivity index (χ1n) is 8.43. The van der Waals surface area contributed by atoms with Crippen molar-refractivity contribution >= 4 is 31.5 Å². The standard InChI is InChI=1S/C20H16F2N2O3S/c1-28(26,27)15-6-4-14(5-7-15)24-19-16-8-2-12(11-25)10-13(16)3-9-17(19)18(23-24)20(21)22/h2-10,20,25H,11H2,1H3. The second-order valence-corrected chi connectivity index (χ2v) is 8.55. The molecular formula is C20H16F2N2O3S. The normalized spacial score (nSPS) is 12.3. The smallest absolute Gasteiger partial charge is 0.282 e. The van der Waals surface area contributed by atoms with Crippen LogP contribution < -0.4 is 0 Å². The number of sulfone groups is 1. The molecule has 144 valence electrons.